The molecule has 4 aromatic rings. The van der Waals surface area contributed by atoms with E-state index in [0.717, 1.165) is 31.6 Å². The van der Waals surface area contributed by atoms with Gasteiger partial charge in [0.05, 0.1) is 21.8 Å². The van der Waals surface area contributed by atoms with Gasteiger partial charge in [0.1, 0.15) is 0 Å². The zero-order chi connectivity index (χ0) is 29.9. The van der Waals surface area contributed by atoms with E-state index in [-0.39, 0.29) is 22.1 Å². The molecule has 0 saturated carbocycles. The standard InChI is InChI=1S/C32H34N4O5S/c1-3-16-35-17-19-36(20-18-35)29-21-23(12-13-27(29)32(38)39)34-42(40,41)30-15-14-28(25-10-6-7-11-26(25)30)33-31(37)24-9-5-4-8-22(24)2/h4-15,21,34H,3,16-20H2,1-2H3,(H,33,37)(H,38,39). The summed E-state index contributed by atoms with van der Waals surface area (Å²) in [5, 5.41) is 13.8. The summed E-state index contributed by atoms with van der Waals surface area (Å²) in [6, 6.07) is 21.8. The lowest BCUT2D eigenvalue weighted by atomic mass is 10.1. The Hall–Kier alpha value is -4.41. The molecule has 10 heteroatoms. The number of aromatic carboxylic acids is 1. The predicted molar refractivity (Wildman–Crippen MR) is 166 cm³/mol. The fraction of sp³-hybridized carbons (Fsp3) is 0.250. The highest BCUT2D eigenvalue weighted by Crippen LogP contribution is 2.33. The van der Waals surface area contributed by atoms with Gasteiger partial charge in [0.25, 0.3) is 15.9 Å². The van der Waals surface area contributed by atoms with E-state index in [1.54, 1.807) is 48.5 Å². The highest BCUT2D eigenvalue weighted by molar-refractivity contribution is 7.93. The molecule has 0 atom stereocenters. The number of aryl methyl sites for hydroxylation is 1. The van der Waals surface area contributed by atoms with Crippen LogP contribution >= 0.6 is 0 Å². The molecule has 0 unspecified atom stereocenters. The maximum atomic E-state index is 13.7. The number of hydrogen-bond acceptors (Lipinski definition) is 6. The first kappa shape index (κ1) is 29.1. The molecule has 0 aromatic heterocycles. The van der Waals surface area contributed by atoms with E-state index in [4.69, 9.17) is 0 Å². The summed E-state index contributed by atoms with van der Waals surface area (Å²) >= 11 is 0. The van der Waals surface area contributed by atoms with Gasteiger partial charge in [-0.05, 0) is 61.9 Å². The number of amides is 1. The van der Waals surface area contributed by atoms with Crippen LogP contribution in [0.25, 0.3) is 10.8 Å². The predicted octanol–water partition coefficient (Wildman–Crippen LogP) is 5.43. The van der Waals surface area contributed by atoms with Crippen LogP contribution in [-0.2, 0) is 10.0 Å². The van der Waals surface area contributed by atoms with Gasteiger partial charge in [-0.15, -0.1) is 0 Å². The van der Waals surface area contributed by atoms with Gasteiger partial charge in [-0.3, -0.25) is 14.4 Å². The zero-order valence-corrected chi connectivity index (χ0v) is 24.4. The summed E-state index contributed by atoms with van der Waals surface area (Å²) in [5.74, 6) is -1.35. The Morgan fingerprint density at radius 3 is 2.24 bits per heavy atom. The lowest BCUT2D eigenvalue weighted by molar-refractivity contribution is 0.0697. The number of nitrogens with zero attached hydrogens (tertiary/aromatic N) is 2. The van der Waals surface area contributed by atoms with E-state index >= 15 is 0 Å². The summed E-state index contributed by atoms with van der Waals surface area (Å²) in [4.78, 5) is 29.4. The zero-order valence-electron chi connectivity index (χ0n) is 23.6. The van der Waals surface area contributed by atoms with E-state index in [1.807, 2.05) is 24.0 Å². The summed E-state index contributed by atoms with van der Waals surface area (Å²) in [5.41, 5.74) is 2.74. The molecule has 9 nitrogen and oxygen atoms in total. The van der Waals surface area contributed by atoms with Gasteiger partial charge in [-0.25, -0.2) is 13.2 Å². The molecule has 1 amide bonds. The van der Waals surface area contributed by atoms with Crippen LogP contribution in [0, 0.1) is 6.92 Å². The molecule has 5 rings (SSSR count). The molecule has 1 saturated heterocycles. The van der Waals surface area contributed by atoms with E-state index in [0.29, 0.717) is 40.8 Å². The third kappa shape index (κ3) is 6.09. The van der Waals surface area contributed by atoms with Crippen LogP contribution in [0.1, 0.15) is 39.6 Å². The molecule has 218 valence electrons. The van der Waals surface area contributed by atoms with Crippen molar-refractivity contribution in [1.29, 1.82) is 0 Å². The third-order valence-corrected chi connectivity index (χ3v) is 8.98. The molecule has 0 bridgehead atoms. The van der Waals surface area contributed by atoms with Crippen LogP contribution in [0.4, 0.5) is 17.1 Å². The molecule has 1 fully saturated rings. The molecule has 0 aliphatic carbocycles. The van der Waals surface area contributed by atoms with Gasteiger partial charge >= 0.3 is 5.97 Å². The summed E-state index contributed by atoms with van der Waals surface area (Å²) in [6.45, 7) is 7.89. The van der Waals surface area contributed by atoms with Crippen LogP contribution in [0.5, 0.6) is 0 Å². The van der Waals surface area contributed by atoms with Crippen molar-refractivity contribution < 1.29 is 23.1 Å². The summed E-state index contributed by atoms with van der Waals surface area (Å²) in [6.07, 6.45) is 1.05. The van der Waals surface area contributed by atoms with Gasteiger partial charge in [-0.2, -0.15) is 0 Å². The molecular formula is C32H34N4O5S. The second kappa shape index (κ2) is 12.2. The molecule has 1 heterocycles. The first-order valence-corrected chi connectivity index (χ1v) is 15.4. The van der Waals surface area contributed by atoms with Gasteiger partial charge in [0, 0.05) is 48.2 Å². The average molecular weight is 587 g/mol. The van der Waals surface area contributed by atoms with Crippen LogP contribution in [0.2, 0.25) is 0 Å². The van der Waals surface area contributed by atoms with E-state index in [1.165, 1.54) is 18.2 Å². The summed E-state index contributed by atoms with van der Waals surface area (Å²) in [7, 11) is -4.08. The smallest absolute Gasteiger partial charge is 0.337 e. The van der Waals surface area contributed by atoms with Crippen LogP contribution < -0.4 is 14.9 Å². The molecule has 0 spiro atoms. The molecule has 42 heavy (non-hydrogen) atoms. The molecular weight excluding hydrogens is 552 g/mol. The van der Waals surface area contributed by atoms with Crippen molar-refractivity contribution in [2.24, 2.45) is 0 Å². The molecule has 1 aliphatic rings. The molecule has 4 aromatic carbocycles. The van der Waals surface area contributed by atoms with Crippen LogP contribution in [0.3, 0.4) is 0 Å². The van der Waals surface area contributed by atoms with Gasteiger partial charge in [-0.1, -0.05) is 49.4 Å². The molecule has 0 radical (unpaired) electrons. The largest absolute Gasteiger partial charge is 0.478 e. The SMILES string of the molecule is CCCN1CCN(c2cc(NS(=O)(=O)c3ccc(NC(=O)c4ccccc4C)c4ccccc34)ccc2C(=O)O)CC1. The minimum absolute atomic E-state index is 0.0454. The van der Waals surface area contributed by atoms with Crippen molar-refractivity contribution in [1.82, 2.24) is 4.90 Å². The number of carboxylic acid groups (broad SMARTS) is 1. The maximum Gasteiger partial charge on any atom is 0.337 e. The number of carbonyl (C=O) groups excluding carboxylic acids is 1. The number of nitrogens with one attached hydrogen (secondary N) is 2. The van der Waals surface area contributed by atoms with Gasteiger partial charge in [0.2, 0.25) is 0 Å². The Morgan fingerprint density at radius 1 is 0.857 bits per heavy atom. The first-order valence-electron chi connectivity index (χ1n) is 13.9. The van der Waals surface area contributed by atoms with Gasteiger partial charge in [0.15, 0.2) is 0 Å². The maximum absolute atomic E-state index is 13.7. The lowest BCUT2D eigenvalue weighted by Gasteiger charge is -2.36. The fourth-order valence-electron chi connectivity index (χ4n) is 5.41. The van der Waals surface area contributed by atoms with Crippen LogP contribution in [-0.4, -0.2) is 63.0 Å². The number of hydrogen-bond donors (Lipinski definition) is 3. The molecule has 3 N–H and O–H groups in total. The quantitative estimate of drug-likeness (QED) is 0.239. The Morgan fingerprint density at radius 2 is 1.55 bits per heavy atom. The second-order valence-corrected chi connectivity index (χ2v) is 12.0. The molecule has 1 aliphatic heterocycles. The second-order valence-electron chi connectivity index (χ2n) is 10.4. The number of benzene rings is 4. The number of carboxylic acids is 1. The van der Waals surface area contributed by atoms with Crippen molar-refractivity contribution >= 4 is 49.7 Å². The normalized spacial score (nSPS) is 14.1. The minimum Gasteiger partial charge on any atom is -0.478 e. The Labute approximate surface area is 245 Å². The number of carbonyl (C=O) groups is 2. The van der Waals surface area contributed by atoms with Crippen molar-refractivity contribution in [3.63, 3.8) is 0 Å². The topological polar surface area (TPSA) is 119 Å². The van der Waals surface area contributed by atoms with Crippen LogP contribution in [0.15, 0.2) is 83.8 Å². The Bertz CT molecular complexity index is 1750. The first-order chi connectivity index (χ1) is 20.2. The number of sulfonamides is 1. The summed E-state index contributed by atoms with van der Waals surface area (Å²) < 4.78 is 30.1. The minimum atomic E-state index is -4.08. The third-order valence-electron chi connectivity index (χ3n) is 7.54. The van der Waals surface area contributed by atoms with E-state index < -0.39 is 16.0 Å². The van der Waals surface area contributed by atoms with E-state index in [9.17, 15) is 23.1 Å². The number of piperazine rings is 1. The monoisotopic (exact) mass is 586 g/mol. The van der Waals surface area contributed by atoms with Gasteiger partial charge < -0.3 is 15.3 Å². The fourth-order valence-corrected chi connectivity index (χ4v) is 6.67. The van der Waals surface area contributed by atoms with Crippen molar-refractivity contribution in [2.75, 3.05) is 47.7 Å². The Balaban J connectivity index is 1.44. The number of rotatable bonds is 9. The highest BCUT2D eigenvalue weighted by atomic mass is 32.2. The van der Waals surface area contributed by atoms with Crippen molar-refractivity contribution in [3.8, 4) is 0 Å². The average Bonchev–Trinajstić information content (AvgIpc) is 2.97. The van der Waals surface area contributed by atoms with Crippen molar-refractivity contribution in [3.05, 3.63) is 95.6 Å². The highest BCUT2D eigenvalue weighted by Gasteiger charge is 2.24. The van der Waals surface area contributed by atoms with E-state index in [2.05, 4.69) is 21.9 Å². The number of fused-ring (bicyclic) bond motifs is 1. The Kier molecular flexibility index (Phi) is 8.46. The number of anilines is 3. The lowest BCUT2D eigenvalue weighted by Crippen LogP contribution is -2.47. The van der Waals surface area contributed by atoms with Crippen molar-refractivity contribution in [2.45, 2.75) is 25.2 Å².